The Morgan fingerprint density at radius 1 is 1.32 bits per heavy atom. The summed E-state index contributed by atoms with van der Waals surface area (Å²) in [6.07, 6.45) is 0.503. The minimum atomic E-state index is -3.81. The fourth-order valence-corrected chi connectivity index (χ4v) is 3.72. The van der Waals surface area contributed by atoms with Crippen LogP contribution in [-0.2, 0) is 14.8 Å². The van der Waals surface area contributed by atoms with Crippen molar-refractivity contribution in [2.24, 2.45) is 5.92 Å². The lowest BCUT2D eigenvalue weighted by Gasteiger charge is -2.32. The molecule has 5 nitrogen and oxygen atoms in total. The van der Waals surface area contributed by atoms with Gasteiger partial charge in [-0.3, -0.25) is 4.79 Å². The lowest BCUT2D eigenvalue weighted by molar-refractivity contribution is -0.143. The molecule has 1 aliphatic carbocycles. The molecule has 0 bridgehead atoms. The summed E-state index contributed by atoms with van der Waals surface area (Å²) < 4.78 is 41.0. The van der Waals surface area contributed by atoms with Crippen molar-refractivity contribution in [1.29, 1.82) is 0 Å². The van der Waals surface area contributed by atoms with Crippen LogP contribution in [0.1, 0.15) is 25.7 Å². The van der Waals surface area contributed by atoms with Gasteiger partial charge in [0.15, 0.2) is 0 Å². The quantitative estimate of drug-likeness (QED) is 0.855. The fourth-order valence-electron chi connectivity index (χ4n) is 2.48. The Labute approximate surface area is 133 Å². The highest BCUT2D eigenvalue weighted by Crippen LogP contribution is 2.35. The van der Waals surface area contributed by atoms with E-state index in [0.717, 1.165) is 0 Å². The number of hydrogen-bond acceptors (Lipinski definition) is 3. The average molecular weight is 350 g/mol. The second-order valence-electron chi connectivity index (χ2n) is 5.54. The molecule has 8 heteroatoms. The molecule has 1 aromatic rings. The molecule has 1 fully saturated rings. The third-order valence-corrected chi connectivity index (χ3v) is 5.60. The molecule has 2 rings (SSSR count). The van der Waals surface area contributed by atoms with E-state index in [9.17, 15) is 17.6 Å². The minimum absolute atomic E-state index is 0.0136. The molecule has 1 aliphatic rings. The first-order valence-electron chi connectivity index (χ1n) is 6.89. The summed E-state index contributed by atoms with van der Waals surface area (Å²) in [5, 5.41) is 9.30. The van der Waals surface area contributed by atoms with Crippen LogP contribution >= 0.6 is 11.6 Å². The lowest BCUT2D eigenvalue weighted by atomic mass is 9.80. The zero-order valence-electron chi connectivity index (χ0n) is 11.8. The Balaban J connectivity index is 1.97. The zero-order chi connectivity index (χ0) is 16.4. The van der Waals surface area contributed by atoms with Gasteiger partial charge in [-0.2, -0.15) is 0 Å². The topological polar surface area (TPSA) is 83.5 Å². The van der Waals surface area contributed by atoms with Gasteiger partial charge in [-0.15, -0.1) is 0 Å². The Bertz CT molecular complexity index is 639. The fraction of sp³-hybridized carbons (Fsp3) is 0.500. The van der Waals surface area contributed by atoms with Gasteiger partial charge in [0.1, 0.15) is 5.67 Å². The van der Waals surface area contributed by atoms with Crippen molar-refractivity contribution in [2.45, 2.75) is 36.2 Å². The standard InChI is InChI=1S/C14H17ClFNO4S/c15-11-1-3-12(4-2-11)22(20,21)17-9-14(16)7-5-10(6-8-14)13(18)19/h1-4,10,17H,5-9H2,(H,18,19). The molecule has 0 unspecified atom stereocenters. The van der Waals surface area contributed by atoms with Crippen LogP contribution in [0, 0.1) is 5.92 Å². The molecular weight excluding hydrogens is 333 g/mol. The highest BCUT2D eigenvalue weighted by atomic mass is 35.5. The van der Waals surface area contributed by atoms with Gasteiger partial charge in [-0.05, 0) is 49.9 Å². The molecule has 0 aromatic heterocycles. The van der Waals surface area contributed by atoms with Crippen molar-refractivity contribution in [2.75, 3.05) is 6.54 Å². The molecule has 0 spiro atoms. The number of alkyl halides is 1. The third-order valence-electron chi connectivity index (χ3n) is 3.93. The van der Waals surface area contributed by atoms with Crippen LogP contribution in [-0.4, -0.2) is 31.7 Å². The smallest absolute Gasteiger partial charge is 0.306 e. The van der Waals surface area contributed by atoms with Gasteiger partial charge in [-0.25, -0.2) is 17.5 Å². The molecule has 0 amide bonds. The molecule has 122 valence electrons. The van der Waals surface area contributed by atoms with Crippen LogP contribution in [0.4, 0.5) is 4.39 Å². The first kappa shape index (κ1) is 17.2. The molecule has 0 aliphatic heterocycles. The number of carbonyl (C=O) groups is 1. The largest absolute Gasteiger partial charge is 0.481 e. The Hall–Kier alpha value is -1.18. The van der Waals surface area contributed by atoms with Crippen molar-refractivity contribution in [3.8, 4) is 0 Å². The summed E-state index contributed by atoms with van der Waals surface area (Å²) in [6, 6.07) is 5.58. The number of carboxylic acid groups (broad SMARTS) is 1. The van der Waals surface area contributed by atoms with E-state index >= 15 is 0 Å². The van der Waals surface area contributed by atoms with Crippen molar-refractivity contribution >= 4 is 27.6 Å². The minimum Gasteiger partial charge on any atom is -0.481 e. The van der Waals surface area contributed by atoms with E-state index in [2.05, 4.69) is 4.72 Å². The summed E-state index contributed by atoms with van der Waals surface area (Å²) in [6.45, 7) is -0.357. The maximum Gasteiger partial charge on any atom is 0.306 e. The van der Waals surface area contributed by atoms with Crippen LogP contribution in [0.15, 0.2) is 29.2 Å². The predicted molar refractivity (Wildman–Crippen MR) is 80.1 cm³/mol. The van der Waals surface area contributed by atoms with Crippen molar-refractivity contribution in [1.82, 2.24) is 4.72 Å². The van der Waals surface area contributed by atoms with E-state index in [0.29, 0.717) is 5.02 Å². The molecule has 0 heterocycles. The lowest BCUT2D eigenvalue weighted by Crippen LogP contribution is -2.43. The van der Waals surface area contributed by atoms with E-state index in [1.54, 1.807) is 0 Å². The van der Waals surface area contributed by atoms with Crippen molar-refractivity contribution in [3.63, 3.8) is 0 Å². The van der Waals surface area contributed by atoms with Crippen LogP contribution in [0.2, 0.25) is 5.02 Å². The predicted octanol–water partition coefficient (Wildman–Crippen LogP) is 2.60. The number of benzene rings is 1. The zero-order valence-corrected chi connectivity index (χ0v) is 13.3. The highest BCUT2D eigenvalue weighted by molar-refractivity contribution is 7.89. The van der Waals surface area contributed by atoms with Crippen LogP contribution in [0.5, 0.6) is 0 Å². The van der Waals surface area contributed by atoms with E-state index in [4.69, 9.17) is 16.7 Å². The van der Waals surface area contributed by atoms with E-state index < -0.39 is 27.6 Å². The summed E-state index contributed by atoms with van der Waals surface area (Å²) >= 11 is 5.70. The Morgan fingerprint density at radius 2 is 1.86 bits per heavy atom. The van der Waals surface area contributed by atoms with Gasteiger partial charge < -0.3 is 5.11 Å². The Morgan fingerprint density at radius 3 is 2.36 bits per heavy atom. The van der Waals surface area contributed by atoms with Crippen LogP contribution in [0.3, 0.4) is 0 Å². The van der Waals surface area contributed by atoms with E-state index in [-0.39, 0.29) is 37.1 Å². The molecule has 0 atom stereocenters. The first-order valence-corrected chi connectivity index (χ1v) is 8.75. The molecule has 0 saturated heterocycles. The van der Waals surface area contributed by atoms with Gasteiger partial charge in [-0.1, -0.05) is 11.6 Å². The molecule has 2 N–H and O–H groups in total. The van der Waals surface area contributed by atoms with Gasteiger partial charge in [0.05, 0.1) is 10.8 Å². The number of sulfonamides is 1. The number of nitrogens with one attached hydrogen (secondary N) is 1. The van der Waals surface area contributed by atoms with Gasteiger partial charge >= 0.3 is 5.97 Å². The maximum absolute atomic E-state index is 14.6. The molecule has 0 radical (unpaired) electrons. The first-order chi connectivity index (χ1) is 10.2. The highest BCUT2D eigenvalue weighted by Gasteiger charge is 2.38. The number of halogens is 2. The maximum atomic E-state index is 14.6. The monoisotopic (exact) mass is 349 g/mol. The Kier molecular flexibility index (Phi) is 5.09. The van der Waals surface area contributed by atoms with E-state index in [1.807, 2.05) is 0 Å². The number of hydrogen-bond donors (Lipinski definition) is 2. The summed E-state index contributed by atoms with van der Waals surface area (Å²) in [5.41, 5.74) is -1.70. The third kappa shape index (κ3) is 4.18. The van der Waals surface area contributed by atoms with Gasteiger partial charge in [0.25, 0.3) is 0 Å². The van der Waals surface area contributed by atoms with Gasteiger partial charge in [0.2, 0.25) is 10.0 Å². The van der Waals surface area contributed by atoms with Crippen molar-refractivity contribution < 1.29 is 22.7 Å². The normalized spacial score (nSPS) is 25.8. The number of carboxylic acids is 1. The van der Waals surface area contributed by atoms with Crippen molar-refractivity contribution in [3.05, 3.63) is 29.3 Å². The molecule has 1 saturated carbocycles. The number of aliphatic carboxylic acids is 1. The number of rotatable bonds is 5. The van der Waals surface area contributed by atoms with Gasteiger partial charge in [0, 0.05) is 11.6 Å². The second kappa shape index (κ2) is 6.52. The molecular formula is C14H17ClFNO4S. The SMILES string of the molecule is O=C(O)C1CCC(F)(CNS(=O)(=O)c2ccc(Cl)cc2)CC1. The summed E-state index contributed by atoms with van der Waals surface area (Å²) in [5.74, 6) is -1.47. The summed E-state index contributed by atoms with van der Waals surface area (Å²) in [7, 11) is -3.81. The van der Waals surface area contributed by atoms with E-state index in [1.165, 1.54) is 24.3 Å². The molecule has 1 aromatic carbocycles. The second-order valence-corrected chi connectivity index (χ2v) is 7.75. The summed E-state index contributed by atoms with van der Waals surface area (Å²) in [4.78, 5) is 10.9. The van der Waals surface area contributed by atoms with Crippen LogP contribution in [0.25, 0.3) is 0 Å². The van der Waals surface area contributed by atoms with Crippen LogP contribution < -0.4 is 4.72 Å². The molecule has 22 heavy (non-hydrogen) atoms. The average Bonchev–Trinajstić information content (AvgIpc) is 2.46.